The molecule has 6 heteroatoms. The first kappa shape index (κ1) is 15.9. The summed E-state index contributed by atoms with van der Waals surface area (Å²) < 4.78 is 16.1. The molecule has 0 saturated heterocycles. The number of hydrogen-bond donors (Lipinski definition) is 0. The van der Waals surface area contributed by atoms with Gasteiger partial charge in [-0.05, 0) is 36.7 Å². The van der Waals surface area contributed by atoms with E-state index in [4.69, 9.17) is 24.9 Å². The molecule has 1 unspecified atom stereocenters. The Labute approximate surface area is 107 Å². The first-order chi connectivity index (χ1) is 6.89. The monoisotopic (exact) mass is 318 g/mol. The zero-order valence-corrected chi connectivity index (χ0v) is 13.2. The topological polar surface area (TPSA) is 27.7 Å². The van der Waals surface area contributed by atoms with Gasteiger partial charge in [0.1, 0.15) is 0 Å². The highest BCUT2D eigenvalue weighted by atomic mass is 79.9. The molecule has 0 aromatic carbocycles. The van der Waals surface area contributed by atoms with Crippen LogP contribution in [0.25, 0.3) is 0 Å². The highest BCUT2D eigenvalue weighted by molar-refractivity contribution is 9.10. The van der Waals surface area contributed by atoms with E-state index in [1.54, 1.807) is 6.92 Å². The van der Waals surface area contributed by atoms with Crippen LogP contribution in [-0.2, 0) is 13.3 Å². The summed E-state index contributed by atoms with van der Waals surface area (Å²) in [5.41, 5.74) is 0. The summed E-state index contributed by atoms with van der Waals surface area (Å²) in [5, 5.41) is 0. The molecule has 0 saturated carbocycles. The average Bonchev–Trinajstić information content (AvgIpc) is 2.01. The van der Waals surface area contributed by atoms with Crippen molar-refractivity contribution in [2.45, 2.75) is 44.1 Å². The van der Waals surface area contributed by atoms with Gasteiger partial charge in [0.05, 0.1) is 0 Å². The summed E-state index contributed by atoms with van der Waals surface area (Å²) in [6, 6.07) is 0.780. The first-order valence-corrected chi connectivity index (χ1v) is 8.35. The van der Waals surface area contributed by atoms with Crippen molar-refractivity contribution in [3.05, 3.63) is 0 Å². The second-order valence-electron chi connectivity index (χ2n) is 3.21. The molecule has 92 valence electrons. The van der Waals surface area contributed by atoms with Crippen LogP contribution in [0, 0.1) is 0 Å². The Hall–Kier alpha value is 0.867. The van der Waals surface area contributed by atoms with E-state index < -0.39 is 12.8 Å². The molecule has 0 aromatic rings. The van der Waals surface area contributed by atoms with E-state index in [0.717, 1.165) is 12.5 Å². The van der Waals surface area contributed by atoms with Gasteiger partial charge in [0, 0.05) is 19.3 Å². The van der Waals surface area contributed by atoms with Crippen LogP contribution in [0.2, 0.25) is 6.04 Å². The van der Waals surface area contributed by atoms with E-state index in [0.29, 0.717) is 13.2 Å². The number of rotatable bonds is 8. The van der Waals surface area contributed by atoms with Crippen molar-refractivity contribution in [3.63, 3.8) is 0 Å². The molecule has 0 fully saturated rings. The Morgan fingerprint density at radius 2 is 1.67 bits per heavy atom. The van der Waals surface area contributed by atoms with E-state index in [1.165, 1.54) is 0 Å². The van der Waals surface area contributed by atoms with Crippen molar-refractivity contribution in [1.29, 1.82) is 0 Å². The molecule has 0 heterocycles. The Morgan fingerprint density at radius 1 is 1.20 bits per heavy atom. The van der Waals surface area contributed by atoms with Gasteiger partial charge in [-0.15, -0.1) is 0 Å². The van der Waals surface area contributed by atoms with E-state index in [-0.39, 0.29) is 0 Å². The lowest BCUT2D eigenvalue weighted by Crippen LogP contribution is -2.49. The Morgan fingerprint density at radius 3 is 1.93 bits per heavy atom. The summed E-state index contributed by atoms with van der Waals surface area (Å²) in [7, 11) is -2.61. The highest BCUT2D eigenvalue weighted by Crippen LogP contribution is 2.31. The third-order valence-corrected chi connectivity index (χ3v) is 5.58. The number of hydrogen-bond acceptors (Lipinski definition) is 3. The van der Waals surface area contributed by atoms with Crippen LogP contribution in [-0.4, -0.2) is 26.0 Å². The van der Waals surface area contributed by atoms with E-state index in [1.807, 2.05) is 13.8 Å². The molecule has 0 aliphatic carbocycles. The van der Waals surface area contributed by atoms with Gasteiger partial charge in [-0.3, -0.25) is 0 Å². The van der Waals surface area contributed by atoms with E-state index in [2.05, 4.69) is 22.9 Å². The quantitative estimate of drug-likeness (QED) is 0.504. The van der Waals surface area contributed by atoms with Crippen molar-refractivity contribution in [3.8, 4) is 0 Å². The second-order valence-corrected chi connectivity index (χ2v) is 8.55. The van der Waals surface area contributed by atoms with Crippen molar-refractivity contribution < 1.29 is 13.3 Å². The minimum Gasteiger partial charge on any atom is -0.374 e. The molecule has 0 amide bonds. The summed E-state index contributed by atoms with van der Waals surface area (Å²) in [6.07, 6.45) is 0.951. The van der Waals surface area contributed by atoms with Crippen molar-refractivity contribution in [2.24, 2.45) is 0 Å². The normalized spacial score (nSPS) is 16.4. The summed E-state index contributed by atoms with van der Waals surface area (Å²) in [5.74, 6) is 0. The van der Waals surface area contributed by atoms with Crippen molar-refractivity contribution in [1.82, 2.24) is 0 Å². The van der Waals surface area contributed by atoms with Gasteiger partial charge in [0.2, 0.25) is 0 Å². The zero-order valence-electron chi connectivity index (χ0n) is 9.81. The summed E-state index contributed by atoms with van der Waals surface area (Å²) >= 11 is 9.24. The Kier molecular flexibility index (Phi) is 7.66. The maximum atomic E-state index is 5.99. The summed E-state index contributed by atoms with van der Waals surface area (Å²) in [4.78, 5) is 0. The largest absolute Gasteiger partial charge is 0.502 e. The second kappa shape index (κ2) is 7.24. The van der Waals surface area contributed by atoms with Crippen molar-refractivity contribution >= 4 is 36.3 Å². The van der Waals surface area contributed by atoms with Crippen molar-refractivity contribution in [2.75, 3.05) is 13.2 Å². The molecule has 0 aromatic heterocycles. The van der Waals surface area contributed by atoms with Gasteiger partial charge in [-0.1, -0.05) is 24.9 Å². The summed E-state index contributed by atoms with van der Waals surface area (Å²) in [6.45, 7) is 8.81. The molecule has 0 aliphatic rings. The molecular formula is C9H20BrClO3Si. The Balaban J connectivity index is 4.60. The maximum absolute atomic E-state index is 5.99. The lowest BCUT2D eigenvalue weighted by molar-refractivity contribution is 0.0535. The third kappa shape index (κ3) is 6.91. The molecule has 0 spiro atoms. The first-order valence-electron chi connectivity index (χ1n) is 5.25. The minimum atomic E-state index is -2.61. The van der Waals surface area contributed by atoms with Gasteiger partial charge in [-0.25, -0.2) is 0 Å². The fraction of sp³-hybridized carbons (Fsp3) is 1.00. The molecule has 0 radical (unpaired) electrons. The molecule has 0 aliphatic heterocycles. The van der Waals surface area contributed by atoms with Crippen LogP contribution in [0.3, 0.4) is 0 Å². The number of halogens is 2. The van der Waals surface area contributed by atoms with E-state index in [9.17, 15) is 0 Å². The molecule has 0 rings (SSSR count). The molecule has 0 N–H and O–H groups in total. The SMILES string of the molecule is CCC[Si](OCC)(OCC)OC(C)(Cl)Br. The third-order valence-electron chi connectivity index (χ3n) is 1.62. The lowest BCUT2D eigenvalue weighted by atomic mass is 10.6. The lowest BCUT2D eigenvalue weighted by Gasteiger charge is -2.32. The smallest absolute Gasteiger partial charge is 0.374 e. The molecular weight excluding hydrogens is 300 g/mol. The predicted molar refractivity (Wildman–Crippen MR) is 68.4 cm³/mol. The molecule has 3 nitrogen and oxygen atoms in total. The van der Waals surface area contributed by atoms with Gasteiger partial charge >= 0.3 is 8.80 Å². The van der Waals surface area contributed by atoms with Gasteiger partial charge in [-0.2, -0.15) is 0 Å². The molecule has 0 bridgehead atoms. The van der Waals surface area contributed by atoms with Crippen LogP contribution in [0.15, 0.2) is 0 Å². The van der Waals surface area contributed by atoms with Crippen LogP contribution in [0.4, 0.5) is 0 Å². The minimum absolute atomic E-state index is 0.576. The van der Waals surface area contributed by atoms with Gasteiger partial charge < -0.3 is 13.3 Å². The van der Waals surface area contributed by atoms with Crippen LogP contribution in [0.5, 0.6) is 0 Å². The Bertz CT molecular complexity index is 158. The predicted octanol–water partition coefficient (Wildman–Crippen LogP) is 3.73. The number of alkyl halides is 2. The fourth-order valence-corrected chi connectivity index (χ4v) is 5.04. The van der Waals surface area contributed by atoms with Gasteiger partial charge in [0.15, 0.2) is 3.97 Å². The average molecular weight is 320 g/mol. The highest BCUT2D eigenvalue weighted by Gasteiger charge is 2.44. The van der Waals surface area contributed by atoms with Crippen LogP contribution >= 0.6 is 27.5 Å². The fourth-order valence-electron chi connectivity index (χ4n) is 1.32. The maximum Gasteiger partial charge on any atom is 0.502 e. The molecule has 15 heavy (non-hydrogen) atoms. The zero-order chi connectivity index (χ0) is 11.9. The van der Waals surface area contributed by atoms with Crippen LogP contribution in [0.1, 0.15) is 34.1 Å². The standard InChI is InChI=1S/C9H20BrClO3Si/c1-5-8-15(12-6-2,13-7-3)14-9(4,10)11/h5-8H2,1-4H3. The van der Waals surface area contributed by atoms with Crippen LogP contribution < -0.4 is 0 Å². The van der Waals surface area contributed by atoms with Gasteiger partial charge in [0.25, 0.3) is 0 Å². The molecule has 1 atom stereocenters. The van der Waals surface area contributed by atoms with E-state index >= 15 is 0 Å².